The normalized spacial score (nSPS) is 15.4. The molecule has 6 heteroatoms. The Balaban J connectivity index is 2.14. The molecular formula is C16H20N4O2. The molecule has 1 aromatic rings. The maximum Gasteiger partial charge on any atom is 0.285 e. The summed E-state index contributed by atoms with van der Waals surface area (Å²) in [5, 5.41) is 13.2. The predicted octanol–water partition coefficient (Wildman–Crippen LogP) is 1.76. The summed E-state index contributed by atoms with van der Waals surface area (Å²) in [6.07, 6.45) is 0. The number of carbonyl (C=O) groups is 1. The molecule has 116 valence electrons. The predicted molar refractivity (Wildman–Crippen MR) is 84.7 cm³/mol. The molecule has 0 radical (unpaired) electrons. The highest BCUT2D eigenvalue weighted by Crippen LogP contribution is 2.20. The number of hydrazone groups is 1. The molecule has 1 aliphatic rings. The van der Waals surface area contributed by atoms with E-state index in [2.05, 4.69) is 10.5 Å². The number of rotatable bonds is 3. The van der Waals surface area contributed by atoms with Crippen molar-refractivity contribution in [2.75, 3.05) is 31.7 Å². The van der Waals surface area contributed by atoms with Crippen LogP contribution in [0.4, 0.5) is 5.69 Å². The Hall–Kier alpha value is -2.39. The molecule has 0 unspecified atom stereocenters. The summed E-state index contributed by atoms with van der Waals surface area (Å²) >= 11 is 0. The van der Waals surface area contributed by atoms with Gasteiger partial charge in [0.2, 0.25) is 5.71 Å². The average Bonchev–Trinajstić information content (AvgIpc) is 2.53. The van der Waals surface area contributed by atoms with Gasteiger partial charge in [-0.3, -0.25) is 10.2 Å². The Morgan fingerprint density at radius 1 is 1.23 bits per heavy atom. The lowest BCUT2D eigenvalue weighted by molar-refractivity contribution is -0.127. The van der Waals surface area contributed by atoms with Crippen LogP contribution >= 0.6 is 0 Å². The Kier molecular flexibility index (Phi) is 5.12. The molecule has 1 heterocycles. The number of amides is 1. The topological polar surface area (TPSA) is 77.7 Å². The van der Waals surface area contributed by atoms with E-state index < -0.39 is 0 Å². The molecule has 0 aromatic heterocycles. The van der Waals surface area contributed by atoms with Gasteiger partial charge in [-0.05, 0) is 43.5 Å². The Morgan fingerprint density at radius 3 is 2.50 bits per heavy atom. The minimum absolute atomic E-state index is 0.139. The fraction of sp³-hybridized carbons (Fsp3) is 0.438. The number of carbonyl (C=O) groups excluding carboxylic acids is 1. The molecule has 0 saturated carbocycles. The summed E-state index contributed by atoms with van der Waals surface area (Å²) in [4.78, 5) is 13.8. The fourth-order valence-corrected chi connectivity index (χ4v) is 2.23. The van der Waals surface area contributed by atoms with E-state index in [1.807, 2.05) is 39.0 Å². The zero-order valence-electron chi connectivity index (χ0n) is 13.1. The van der Waals surface area contributed by atoms with E-state index in [0.29, 0.717) is 26.3 Å². The number of aryl methyl sites for hydroxylation is 3. The number of anilines is 1. The minimum Gasteiger partial charge on any atom is -0.378 e. The largest absolute Gasteiger partial charge is 0.378 e. The average molecular weight is 300 g/mol. The summed E-state index contributed by atoms with van der Waals surface area (Å²) in [6.45, 7) is 7.97. The molecule has 0 bridgehead atoms. The van der Waals surface area contributed by atoms with E-state index in [9.17, 15) is 10.1 Å². The van der Waals surface area contributed by atoms with Gasteiger partial charge >= 0.3 is 0 Å². The summed E-state index contributed by atoms with van der Waals surface area (Å²) in [6, 6.07) is 5.88. The Labute approximate surface area is 130 Å². The van der Waals surface area contributed by atoms with Crippen molar-refractivity contribution in [1.82, 2.24) is 4.90 Å². The minimum atomic E-state index is -0.361. The highest BCUT2D eigenvalue weighted by atomic mass is 16.5. The number of nitrogens with zero attached hydrogens (tertiary/aromatic N) is 3. The molecule has 1 aromatic carbocycles. The second kappa shape index (κ2) is 7.05. The van der Waals surface area contributed by atoms with Crippen LogP contribution in [0.1, 0.15) is 16.7 Å². The molecule has 0 spiro atoms. The van der Waals surface area contributed by atoms with Crippen molar-refractivity contribution in [1.29, 1.82) is 5.26 Å². The number of morpholine rings is 1. The zero-order chi connectivity index (χ0) is 16.1. The number of ether oxygens (including phenoxy) is 1. The van der Waals surface area contributed by atoms with Crippen molar-refractivity contribution in [3.8, 4) is 6.07 Å². The zero-order valence-corrected chi connectivity index (χ0v) is 13.1. The van der Waals surface area contributed by atoms with Gasteiger partial charge in [0.25, 0.3) is 5.91 Å². The van der Waals surface area contributed by atoms with Gasteiger partial charge in [0.1, 0.15) is 6.07 Å². The first-order valence-electron chi connectivity index (χ1n) is 7.21. The number of hydrogen-bond donors (Lipinski definition) is 1. The van der Waals surface area contributed by atoms with Crippen LogP contribution in [0.5, 0.6) is 0 Å². The summed E-state index contributed by atoms with van der Waals surface area (Å²) in [5.41, 5.74) is 6.83. The van der Waals surface area contributed by atoms with Gasteiger partial charge in [-0.2, -0.15) is 10.4 Å². The third-order valence-corrected chi connectivity index (χ3v) is 3.74. The first-order valence-corrected chi connectivity index (χ1v) is 7.21. The van der Waals surface area contributed by atoms with Crippen LogP contribution in [0.25, 0.3) is 0 Å². The maximum atomic E-state index is 12.2. The highest BCUT2D eigenvalue weighted by Gasteiger charge is 2.22. The number of nitrogens with one attached hydrogen (secondary N) is 1. The van der Waals surface area contributed by atoms with Crippen LogP contribution in [0.2, 0.25) is 0 Å². The van der Waals surface area contributed by atoms with E-state index in [0.717, 1.165) is 16.8 Å². The maximum absolute atomic E-state index is 12.2. The van der Waals surface area contributed by atoms with E-state index in [4.69, 9.17) is 4.74 Å². The van der Waals surface area contributed by atoms with Crippen molar-refractivity contribution >= 4 is 17.3 Å². The van der Waals surface area contributed by atoms with Crippen LogP contribution in [-0.2, 0) is 9.53 Å². The van der Waals surface area contributed by atoms with E-state index in [1.54, 1.807) is 4.90 Å². The van der Waals surface area contributed by atoms with Crippen LogP contribution in [0.3, 0.4) is 0 Å². The van der Waals surface area contributed by atoms with Gasteiger partial charge in [0, 0.05) is 13.1 Å². The van der Waals surface area contributed by atoms with Crippen LogP contribution in [0, 0.1) is 32.1 Å². The van der Waals surface area contributed by atoms with E-state index in [1.165, 1.54) is 5.56 Å². The molecule has 0 atom stereocenters. The van der Waals surface area contributed by atoms with Crippen LogP contribution in [0.15, 0.2) is 17.2 Å². The summed E-state index contributed by atoms with van der Waals surface area (Å²) in [5.74, 6) is -0.361. The molecule has 0 aliphatic carbocycles. The molecule has 1 saturated heterocycles. The second-order valence-electron chi connectivity index (χ2n) is 5.34. The van der Waals surface area contributed by atoms with Crippen LogP contribution < -0.4 is 5.43 Å². The molecule has 2 rings (SSSR count). The van der Waals surface area contributed by atoms with Crippen molar-refractivity contribution < 1.29 is 9.53 Å². The van der Waals surface area contributed by atoms with Crippen LogP contribution in [-0.4, -0.2) is 42.8 Å². The lowest BCUT2D eigenvalue weighted by atomic mass is 10.1. The quantitative estimate of drug-likeness (QED) is 0.681. The first-order chi connectivity index (χ1) is 10.5. The number of hydrogen-bond acceptors (Lipinski definition) is 5. The standard InChI is InChI=1S/C16H20N4O2/c1-11-8-13(3)14(9-12(11)2)18-19-15(10-17)16(21)20-4-6-22-7-5-20/h8-9,18H,4-7H2,1-3H3/b19-15+. The Bertz CT molecular complexity index is 640. The van der Waals surface area contributed by atoms with Gasteiger partial charge < -0.3 is 9.64 Å². The summed E-state index contributed by atoms with van der Waals surface area (Å²) in [7, 11) is 0. The molecule has 1 amide bonds. The van der Waals surface area contributed by atoms with Gasteiger partial charge in [-0.25, -0.2) is 0 Å². The monoisotopic (exact) mass is 300 g/mol. The van der Waals surface area contributed by atoms with Gasteiger partial charge in [-0.15, -0.1) is 0 Å². The molecule has 1 fully saturated rings. The second-order valence-corrected chi connectivity index (χ2v) is 5.34. The third kappa shape index (κ3) is 3.62. The summed E-state index contributed by atoms with van der Waals surface area (Å²) < 4.78 is 5.20. The lowest BCUT2D eigenvalue weighted by Gasteiger charge is -2.25. The fourth-order valence-electron chi connectivity index (χ4n) is 2.23. The first kappa shape index (κ1) is 16.0. The van der Waals surface area contributed by atoms with Crippen molar-refractivity contribution in [2.45, 2.75) is 20.8 Å². The number of nitriles is 1. The van der Waals surface area contributed by atoms with E-state index >= 15 is 0 Å². The molecule has 1 aliphatic heterocycles. The lowest BCUT2D eigenvalue weighted by Crippen LogP contribution is -2.44. The SMILES string of the molecule is Cc1cc(C)c(N/N=C(\C#N)C(=O)N2CCOCC2)cc1C. The van der Waals surface area contributed by atoms with Crippen molar-refractivity contribution in [3.05, 3.63) is 28.8 Å². The van der Waals surface area contributed by atoms with Gasteiger partial charge in [0.05, 0.1) is 18.9 Å². The molecular weight excluding hydrogens is 280 g/mol. The third-order valence-electron chi connectivity index (χ3n) is 3.74. The highest BCUT2D eigenvalue weighted by molar-refractivity contribution is 6.45. The van der Waals surface area contributed by atoms with Gasteiger partial charge in [-0.1, -0.05) is 6.07 Å². The van der Waals surface area contributed by atoms with E-state index in [-0.39, 0.29) is 11.6 Å². The van der Waals surface area contributed by atoms with Crippen molar-refractivity contribution in [2.24, 2.45) is 5.10 Å². The smallest absolute Gasteiger partial charge is 0.285 e. The Morgan fingerprint density at radius 2 is 1.86 bits per heavy atom. The molecule has 6 nitrogen and oxygen atoms in total. The van der Waals surface area contributed by atoms with Crippen molar-refractivity contribution in [3.63, 3.8) is 0 Å². The molecule has 1 N–H and O–H groups in total. The van der Waals surface area contributed by atoms with Gasteiger partial charge in [0.15, 0.2) is 0 Å². The molecule has 22 heavy (non-hydrogen) atoms. The number of benzene rings is 1.